The number of carbonyl (C=O) groups excluding carboxylic acids is 2. The van der Waals surface area contributed by atoms with E-state index in [4.69, 9.17) is 9.26 Å². The third-order valence-electron chi connectivity index (χ3n) is 2.80. The lowest BCUT2D eigenvalue weighted by Crippen LogP contribution is -2.32. The van der Waals surface area contributed by atoms with E-state index >= 15 is 0 Å². The molecule has 2 rings (SSSR count). The molecule has 21 heavy (non-hydrogen) atoms. The van der Waals surface area contributed by atoms with Crippen LogP contribution >= 0.6 is 0 Å². The van der Waals surface area contributed by atoms with Crippen molar-refractivity contribution in [2.75, 3.05) is 5.32 Å². The van der Waals surface area contributed by atoms with E-state index in [1.165, 1.54) is 0 Å². The van der Waals surface area contributed by atoms with E-state index in [1.54, 1.807) is 50.2 Å². The summed E-state index contributed by atoms with van der Waals surface area (Å²) in [5, 5.41) is 6.21. The van der Waals surface area contributed by atoms with E-state index in [9.17, 15) is 9.59 Å². The molecule has 0 fully saturated rings. The van der Waals surface area contributed by atoms with Crippen LogP contribution in [0.15, 0.2) is 40.9 Å². The molecule has 6 nitrogen and oxygen atoms in total. The first-order chi connectivity index (χ1) is 10.1. The molecule has 0 aliphatic carbocycles. The van der Waals surface area contributed by atoms with Gasteiger partial charge in [-0.15, -0.1) is 0 Å². The maximum absolute atomic E-state index is 12.0. The molecule has 0 bridgehead atoms. The molecule has 0 aliphatic heterocycles. The summed E-state index contributed by atoms with van der Waals surface area (Å²) >= 11 is 0. The van der Waals surface area contributed by atoms with Crippen molar-refractivity contribution in [2.45, 2.75) is 26.4 Å². The zero-order valence-corrected chi connectivity index (χ0v) is 11.8. The number of rotatable bonds is 5. The van der Waals surface area contributed by atoms with Crippen molar-refractivity contribution in [3.05, 3.63) is 47.7 Å². The number of benzene rings is 1. The Morgan fingerprint density at radius 1 is 1.33 bits per heavy atom. The van der Waals surface area contributed by atoms with Crippen LogP contribution in [0, 0.1) is 6.92 Å². The zero-order chi connectivity index (χ0) is 15.2. The standard InChI is InChI=1S/C15H16N2O4/c1-3-12(14(18)16-13-9-10(2)21-17-13)20-15(19)11-7-5-4-6-8-11/h4-9,12H,3H2,1-2H3,(H,16,17,18). The predicted octanol–water partition coefficient (Wildman–Crippen LogP) is 2.56. The molecule has 2 aromatic rings. The Bertz CT molecular complexity index is 622. The monoisotopic (exact) mass is 288 g/mol. The number of aromatic nitrogens is 1. The minimum atomic E-state index is -0.880. The average molecular weight is 288 g/mol. The van der Waals surface area contributed by atoms with E-state index < -0.39 is 18.0 Å². The van der Waals surface area contributed by atoms with Crippen LogP contribution in [0.3, 0.4) is 0 Å². The van der Waals surface area contributed by atoms with Crippen molar-refractivity contribution >= 4 is 17.7 Å². The van der Waals surface area contributed by atoms with Gasteiger partial charge in [-0.3, -0.25) is 4.79 Å². The first kappa shape index (κ1) is 14.8. The van der Waals surface area contributed by atoms with Gasteiger partial charge in [0.2, 0.25) is 0 Å². The van der Waals surface area contributed by atoms with Gasteiger partial charge in [-0.2, -0.15) is 0 Å². The van der Waals surface area contributed by atoms with E-state index in [2.05, 4.69) is 10.5 Å². The van der Waals surface area contributed by atoms with Crippen molar-refractivity contribution in [3.63, 3.8) is 0 Å². The molecule has 1 amide bonds. The molecule has 1 atom stereocenters. The first-order valence-corrected chi connectivity index (χ1v) is 6.60. The summed E-state index contributed by atoms with van der Waals surface area (Å²) < 4.78 is 10.1. The number of hydrogen-bond donors (Lipinski definition) is 1. The number of anilines is 1. The smallest absolute Gasteiger partial charge is 0.338 e. The maximum Gasteiger partial charge on any atom is 0.338 e. The summed E-state index contributed by atoms with van der Waals surface area (Å²) in [6.07, 6.45) is -0.518. The van der Waals surface area contributed by atoms with Crippen molar-refractivity contribution in [1.82, 2.24) is 5.16 Å². The van der Waals surface area contributed by atoms with Crippen LogP contribution < -0.4 is 5.32 Å². The molecule has 0 spiro atoms. The third kappa shape index (κ3) is 3.92. The van der Waals surface area contributed by atoms with Gasteiger partial charge in [0.15, 0.2) is 11.9 Å². The molecule has 1 heterocycles. The normalized spacial score (nSPS) is 11.7. The molecule has 0 radical (unpaired) electrons. The van der Waals surface area contributed by atoms with Gasteiger partial charge in [-0.05, 0) is 25.5 Å². The minimum absolute atomic E-state index is 0.298. The number of hydrogen-bond acceptors (Lipinski definition) is 5. The largest absolute Gasteiger partial charge is 0.449 e. The molecule has 1 aromatic heterocycles. The molecule has 0 aliphatic rings. The lowest BCUT2D eigenvalue weighted by Gasteiger charge is -2.14. The van der Waals surface area contributed by atoms with E-state index in [1.807, 2.05) is 0 Å². The summed E-state index contributed by atoms with van der Waals surface area (Å²) in [6, 6.07) is 10.1. The average Bonchev–Trinajstić information content (AvgIpc) is 2.90. The highest BCUT2D eigenvalue weighted by Crippen LogP contribution is 2.11. The second-order valence-electron chi connectivity index (χ2n) is 4.48. The highest BCUT2D eigenvalue weighted by atomic mass is 16.5. The van der Waals surface area contributed by atoms with Gasteiger partial charge in [0.1, 0.15) is 5.76 Å². The molecular formula is C15H16N2O4. The molecule has 0 saturated carbocycles. The Balaban J connectivity index is 1.99. The fourth-order valence-electron chi connectivity index (χ4n) is 1.73. The fourth-order valence-corrected chi connectivity index (χ4v) is 1.73. The van der Waals surface area contributed by atoms with Gasteiger partial charge in [-0.25, -0.2) is 4.79 Å². The van der Waals surface area contributed by atoms with Crippen LogP contribution in [0.25, 0.3) is 0 Å². The summed E-state index contributed by atoms with van der Waals surface area (Å²) in [6.45, 7) is 3.48. The Hall–Kier alpha value is -2.63. The zero-order valence-electron chi connectivity index (χ0n) is 11.8. The van der Waals surface area contributed by atoms with Crippen LogP contribution in [0.4, 0.5) is 5.82 Å². The molecular weight excluding hydrogens is 272 g/mol. The van der Waals surface area contributed by atoms with E-state index in [-0.39, 0.29) is 0 Å². The number of amides is 1. The third-order valence-corrected chi connectivity index (χ3v) is 2.80. The quantitative estimate of drug-likeness (QED) is 0.855. The number of ether oxygens (including phenoxy) is 1. The van der Waals surface area contributed by atoms with Crippen molar-refractivity contribution in [3.8, 4) is 0 Å². The molecule has 6 heteroatoms. The summed E-state index contributed by atoms with van der Waals surface area (Å²) in [4.78, 5) is 24.0. The van der Waals surface area contributed by atoms with Gasteiger partial charge in [-0.1, -0.05) is 30.3 Å². The second-order valence-corrected chi connectivity index (χ2v) is 4.48. The lowest BCUT2D eigenvalue weighted by molar-refractivity contribution is -0.124. The Labute approximate surface area is 122 Å². The maximum atomic E-state index is 12.0. The van der Waals surface area contributed by atoms with Crippen molar-refractivity contribution < 1.29 is 18.8 Å². The van der Waals surface area contributed by atoms with Gasteiger partial charge in [0.05, 0.1) is 5.56 Å². The van der Waals surface area contributed by atoms with Crippen LogP contribution in [0.2, 0.25) is 0 Å². The lowest BCUT2D eigenvalue weighted by atomic mass is 10.2. The number of nitrogens with one attached hydrogen (secondary N) is 1. The van der Waals surface area contributed by atoms with Crippen molar-refractivity contribution in [2.24, 2.45) is 0 Å². The second kappa shape index (κ2) is 6.69. The highest BCUT2D eigenvalue weighted by Gasteiger charge is 2.22. The molecule has 1 N–H and O–H groups in total. The van der Waals surface area contributed by atoms with Gasteiger partial charge in [0, 0.05) is 6.07 Å². The van der Waals surface area contributed by atoms with Crippen LogP contribution in [-0.2, 0) is 9.53 Å². The number of carbonyl (C=O) groups is 2. The van der Waals surface area contributed by atoms with Crippen LogP contribution in [-0.4, -0.2) is 23.1 Å². The fraction of sp³-hybridized carbons (Fsp3) is 0.267. The number of esters is 1. The Morgan fingerprint density at radius 3 is 2.62 bits per heavy atom. The Kier molecular flexibility index (Phi) is 4.71. The Morgan fingerprint density at radius 2 is 2.05 bits per heavy atom. The molecule has 110 valence electrons. The molecule has 1 aromatic carbocycles. The summed E-state index contributed by atoms with van der Waals surface area (Å²) in [5.74, 6) is -0.0876. The van der Waals surface area contributed by atoms with E-state index in [0.717, 1.165) is 0 Å². The minimum Gasteiger partial charge on any atom is -0.449 e. The molecule has 1 unspecified atom stereocenters. The van der Waals surface area contributed by atoms with Crippen molar-refractivity contribution in [1.29, 1.82) is 0 Å². The summed E-state index contributed by atoms with van der Waals surface area (Å²) in [7, 11) is 0. The first-order valence-electron chi connectivity index (χ1n) is 6.60. The van der Waals surface area contributed by atoms with Gasteiger partial charge < -0.3 is 14.6 Å². The molecule has 0 saturated heterocycles. The number of aryl methyl sites for hydroxylation is 1. The highest BCUT2D eigenvalue weighted by molar-refractivity contribution is 5.97. The summed E-state index contributed by atoms with van der Waals surface area (Å²) in [5.41, 5.74) is 0.404. The van der Waals surface area contributed by atoms with Gasteiger partial charge >= 0.3 is 5.97 Å². The SMILES string of the molecule is CCC(OC(=O)c1ccccc1)C(=O)Nc1cc(C)on1. The van der Waals surface area contributed by atoms with Gasteiger partial charge in [0.25, 0.3) is 5.91 Å². The predicted molar refractivity (Wildman–Crippen MR) is 75.8 cm³/mol. The van der Waals surface area contributed by atoms with E-state index in [0.29, 0.717) is 23.6 Å². The topological polar surface area (TPSA) is 81.4 Å². The number of nitrogens with zero attached hydrogens (tertiary/aromatic N) is 1. The van der Waals surface area contributed by atoms with Crippen LogP contribution in [0.1, 0.15) is 29.5 Å². The van der Waals surface area contributed by atoms with Crippen LogP contribution in [0.5, 0.6) is 0 Å².